The van der Waals surface area contributed by atoms with E-state index in [0.717, 1.165) is 5.75 Å². The van der Waals surface area contributed by atoms with Gasteiger partial charge in [0, 0.05) is 27.9 Å². The summed E-state index contributed by atoms with van der Waals surface area (Å²) >= 11 is 7.50. The Bertz CT molecular complexity index is 710. The first-order valence-corrected chi connectivity index (χ1v) is 9.58. The Balaban J connectivity index is 1.61. The maximum Gasteiger partial charge on any atom is 0.238 e. The number of nitrogens with one attached hydrogen (secondary N) is 2. The van der Waals surface area contributed by atoms with E-state index < -0.39 is 0 Å². The van der Waals surface area contributed by atoms with Crippen LogP contribution in [0.5, 0.6) is 0 Å². The molecule has 2 aromatic rings. The summed E-state index contributed by atoms with van der Waals surface area (Å²) in [4.78, 5) is 26.8. The Kier molecular flexibility index (Phi) is 8.47. The molecule has 2 N–H and O–H groups in total. The molecule has 0 aliphatic rings. The van der Waals surface area contributed by atoms with Gasteiger partial charge in [0.1, 0.15) is 0 Å². The molecule has 0 bridgehead atoms. The predicted molar refractivity (Wildman–Crippen MR) is 108 cm³/mol. The highest BCUT2D eigenvalue weighted by Gasteiger charge is 2.10. The van der Waals surface area contributed by atoms with E-state index in [4.69, 9.17) is 11.6 Å². The van der Waals surface area contributed by atoms with Gasteiger partial charge in [-0.05, 0) is 43.4 Å². The molecule has 0 atom stereocenters. The molecule has 26 heavy (non-hydrogen) atoms. The van der Waals surface area contributed by atoms with E-state index >= 15 is 0 Å². The van der Waals surface area contributed by atoms with Gasteiger partial charge in [0.25, 0.3) is 0 Å². The number of anilines is 1. The van der Waals surface area contributed by atoms with Crippen LogP contribution in [0.2, 0.25) is 5.02 Å². The van der Waals surface area contributed by atoms with Crippen molar-refractivity contribution < 1.29 is 9.59 Å². The first-order valence-electron chi connectivity index (χ1n) is 8.21. The summed E-state index contributed by atoms with van der Waals surface area (Å²) in [5, 5.41) is 6.25. The zero-order valence-electron chi connectivity index (χ0n) is 14.6. The second-order valence-corrected chi connectivity index (χ2v) is 7.34. The number of carbonyl (C=O) groups is 2. The number of carbonyl (C=O) groups excluding carboxylic acids is 2. The van der Waals surface area contributed by atoms with Gasteiger partial charge >= 0.3 is 0 Å². The second kappa shape index (κ2) is 10.9. The van der Waals surface area contributed by atoms with Crippen molar-refractivity contribution in [2.24, 2.45) is 0 Å². The molecule has 5 nitrogen and oxygen atoms in total. The van der Waals surface area contributed by atoms with Crippen LogP contribution in [0.15, 0.2) is 59.5 Å². The molecule has 0 spiro atoms. The number of amides is 2. The van der Waals surface area contributed by atoms with Gasteiger partial charge < -0.3 is 10.6 Å². The molecule has 0 heterocycles. The number of halogens is 1. The van der Waals surface area contributed by atoms with E-state index in [2.05, 4.69) is 10.6 Å². The molecule has 2 amide bonds. The minimum Gasteiger partial charge on any atom is -0.354 e. The molecule has 7 heteroatoms. The molecule has 2 aromatic carbocycles. The molecule has 0 aliphatic heterocycles. The monoisotopic (exact) mass is 391 g/mol. The van der Waals surface area contributed by atoms with Crippen LogP contribution in [-0.4, -0.2) is 49.1 Å². The number of hydrogen-bond donors (Lipinski definition) is 2. The van der Waals surface area contributed by atoms with Crippen LogP contribution >= 0.6 is 23.4 Å². The molecule has 0 radical (unpaired) electrons. The van der Waals surface area contributed by atoms with Gasteiger partial charge in [-0.15, -0.1) is 11.8 Å². The Morgan fingerprint density at radius 3 is 2.35 bits per heavy atom. The van der Waals surface area contributed by atoms with Crippen LogP contribution in [0.1, 0.15) is 0 Å². The smallest absolute Gasteiger partial charge is 0.238 e. The lowest BCUT2D eigenvalue weighted by Crippen LogP contribution is -2.39. The third-order valence-electron chi connectivity index (χ3n) is 3.39. The summed E-state index contributed by atoms with van der Waals surface area (Å²) in [6.07, 6.45) is 0. The molecule has 0 unspecified atom stereocenters. The molecule has 0 fully saturated rings. The third-order valence-corrected chi connectivity index (χ3v) is 4.66. The average Bonchev–Trinajstić information content (AvgIpc) is 2.61. The van der Waals surface area contributed by atoms with Crippen LogP contribution in [0.25, 0.3) is 0 Å². The van der Waals surface area contributed by atoms with Crippen LogP contribution < -0.4 is 10.6 Å². The van der Waals surface area contributed by atoms with Crippen LogP contribution in [0.4, 0.5) is 5.69 Å². The van der Waals surface area contributed by atoms with E-state index in [9.17, 15) is 9.59 Å². The first kappa shape index (κ1) is 20.3. The largest absolute Gasteiger partial charge is 0.354 e. The van der Waals surface area contributed by atoms with Crippen molar-refractivity contribution in [1.29, 1.82) is 0 Å². The van der Waals surface area contributed by atoms with Gasteiger partial charge in [0.2, 0.25) is 11.8 Å². The summed E-state index contributed by atoms with van der Waals surface area (Å²) in [7, 11) is 1.74. The van der Waals surface area contributed by atoms with E-state index in [1.807, 2.05) is 30.3 Å². The molecule has 0 saturated carbocycles. The van der Waals surface area contributed by atoms with Crippen molar-refractivity contribution in [3.63, 3.8) is 0 Å². The fraction of sp³-hybridized carbons (Fsp3) is 0.263. The van der Waals surface area contributed by atoms with Crippen molar-refractivity contribution in [3.05, 3.63) is 59.6 Å². The Hall–Kier alpha value is -2.02. The highest BCUT2D eigenvalue weighted by molar-refractivity contribution is 7.99. The fourth-order valence-corrected chi connectivity index (χ4v) is 3.13. The Morgan fingerprint density at radius 2 is 1.65 bits per heavy atom. The third kappa shape index (κ3) is 7.91. The minimum atomic E-state index is -0.178. The lowest BCUT2D eigenvalue weighted by Gasteiger charge is -2.16. The van der Waals surface area contributed by atoms with E-state index in [1.165, 1.54) is 4.90 Å². The molecule has 0 saturated heterocycles. The SMILES string of the molecule is CN(CC(=O)NCCSc1ccccc1)CC(=O)Nc1ccc(Cl)cc1. The maximum atomic E-state index is 12.0. The minimum absolute atomic E-state index is 0.0968. The molecule has 0 aliphatic carbocycles. The fourth-order valence-electron chi connectivity index (χ4n) is 2.21. The van der Waals surface area contributed by atoms with Gasteiger partial charge in [-0.2, -0.15) is 0 Å². The zero-order chi connectivity index (χ0) is 18.8. The van der Waals surface area contributed by atoms with E-state index in [0.29, 0.717) is 17.3 Å². The maximum absolute atomic E-state index is 12.0. The summed E-state index contributed by atoms with van der Waals surface area (Å²) in [5.41, 5.74) is 0.676. The topological polar surface area (TPSA) is 61.4 Å². The molecule has 2 rings (SSSR count). The Morgan fingerprint density at radius 1 is 1.00 bits per heavy atom. The van der Waals surface area contributed by atoms with Crippen LogP contribution in [0.3, 0.4) is 0 Å². The van der Waals surface area contributed by atoms with Gasteiger partial charge in [-0.1, -0.05) is 29.8 Å². The Labute approximate surface area is 163 Å². The van der Waals surface area contributed by atoms with Gasteiger partial charge in [-0.25, -0.2) is 0 Å². The van der Waals surface area contributed by atoms with Crippen LogP contribution in [0, 0.1) is 0 Å². The number of benzene rings is 2. The number of likely N-dealkylation sites (N-methyl/N-ethyl adjacent to an activating group) is 1. The lowest BCUT2D eigenvalue weighted by molar-refractivity contribution is -0.122. The quantitative estimate of drug-likeness (QED) is 0.509. The summed E-state index contributed by atoms with van der Waals surface area (Å²) in [5.74, 6) is 0.527. The van der Waals surface area contributed by atoms with Crippen molar-refractivity contribution >= 4 is 40.9 Å². The second-order valence-electron chi connectivity index (χ2n) is 5.74. The summed E-state index contributed by atoms with van der Waals surface area (Å²) in [6.45, 7) is 0.891. The highest BCUT2D eigenvalue weighted by atomic mass is 35.5. The predicted octanol–water partition coefficient (Wildman–Crippen LogP) is 3.12. The summed E-state index contributed by atoms with van der Waals surface area (Å²) < 4.78 is 0. The molecular formula is C19H22ClN3O2S. The van der Waals surface area contributed by atoms with Crippen LogP contribution in [-0.2, 0) is 9.59 Å². The van der Waals surface area contributed by atoms with Crippen molar-refractivity contribution in [2.45, 2.75) is 4.90 Å². The number of hydrogen-bond acceptors (Lipinski definition) is 4. The van der Waals surface area contributed by atoms with Gasteiger partial charge in [0.15, 0.2) is 0 Å². The first-order chi connectivity index (χ1) is 12.5. The van der Waals surface area contributed by atoms with Gasteiger partial charge in [-0.3, -0.25) is 14.5 Å². The zero-order valence-corrected chi connectivity index (χ0v) is 16.1. The normalized spacial score (nSPS) is 10.6. The standard InChI is InChI=1S/C19H22ClN3O2S/c1-23(14-19(25)22-16-9-7-15(20)8-10-16)13-18(24)21-11-12-26-17-5-3-2-4-6-17/h2-10H,11-14H2,1H3,(H,21,24)(H,22,25). The average molecular weight is 392 g/mol. The molecule has 0 aromatic heterocycles. The van der Waals surface area contributed by atoms with Gasteiger partial charge in [0.05, 0.1) is 13.1 Å². The number of thioether (sulfide) groups is 1. The summed E-state index contributed by atoms with van der Waals surface area (Å²) in [6, 6.07) is 16.9. The van der Waals surface area contributed by atoms with Crippen molar-refractivity contribution in [2.75, 3.05) is 37.8 Å². The molecule has 138 valence electrons. The van der Waals surface area contributed by atoms with E-state index in [-0.39, 0.29) is 24.9 Å². The molecular weight excluding hydrogens is 370 g/mol. The highest BCUT2D eigenvalue weighted by Crippen LogP contribution is 2.15. The lowest BCUT2D eigenvalue weighted by atomic mass is 10.3. The number of nitrogens with zero attached hydrogens (tertiary/aromatic N) is 1. The van der Waals surface area contributed by atoms with Crippen molar-refractivity contribution in [3.8, 4) is 0 Å². The van der Waals surface area contributed by atoms with Crippen molar-refractivity contribution in [1.82, 2.24) is 10.2 Å². The number of rotatable bonds is 9. The van der Waals surface area contributed by atoms with E-state index in [1.54, 1.807) is 48.0 Å².